The number of carboxylic acid groups (broad SMARTS) is 1. The minimum absolute atomic E-state index is 0.245. The van der Waals surface area contributed by atoms with Crippen molar-refractivity contribution >= 4 is 22.6 Å². The van der Waals surface area contributed by atoms with Crippen LogP contribution in [0.5, 0.6) is 0 Å². The third-order valence-corrected chi connectivity index (χ3v) is 4.13. The van der Waals surface area contributed by atoms with Gasteiger partial charge in [0.2, 0.25) is 0 Å². The molecule has 0 aliphatic carbocycles. The highest BCUT2D eigenvalue weighted by atomic mass is 19.1. The Bertz CT molecular complexity index is 690. The van der Waals surface area contributed by atoms with E-state index in [0.29, 0.717) is 36.8 Å². The summed E-state index contributed by atoms with van der Waals surface area (Å²) in [6.07, 6.45) is 2.48. The molecule has 1 aromatic heterocycles. The Morgan fingerprint density at radius 3 is 2.71 bits per heavy atom. The molecule has 1 fully saturated rings. The molecule has 2 aromatic rings. The molecule has 0 amide bonds. The number of anilines is 1. The van der Waals surface area contributed by atoms with Crippen LogP contribution in [0.25, 0.3) is 10.9 Å². The maximum Gasteiger partial charge on any atom is 0.336 e. The van der Waals surface area contributed by atoms with Crippen LogP contribution in [-0.4, -0.2) is 34.8 Å². The predicted octanol–water partition coefficient (Wildman–Crippen LogP) is 3.26. The lowest BCUT2D eigenvalue weighted by molar-refractivity contribution is 0.0699. The average molecular weight is 288 g/mol. The van der Waals surface area contributed by atoms with Gasteiger partial charge < -0.3 is 10.0 Å². The van der Waals surface area contributed by atoms with Gasteiger partial charge in [0, 0.05) is 30.4 Å². The van der Waals surface area contributed by atoms with E-state index in [4.69, 9.17) is 0 Å². The fraction of sp³-hybridized carbons (Fsp3) is 0.375. The molecule has 0 saturated carbocycles. The lowest BCUT2D eigenvalue weighted by Gasteiger charge is -2.35. The minimum atomic E-state index is -1.10. The number of fused-ring (bicyclic) bond motifs is 1. The molecule has 1 aliphatic heterocycles. The molecule has 0 radical (unpaired) electrons. The van der Waals surface area contributed by atoms with E-state index < -0.39 is 11.6 Å². The smallest absolute Gasteiger partial charge is 0.336 e. The van der Waals surface area contributed by atoms with Crippen molar-refractivity contribution in [1.82, 2.24) is 4.98 Å². The van der Waals surface area contributed by atoms with Crippen molar-refractivity contribution in [3.8, 4) is 0 Å². The van der Waals surface area contributed by atoms with Crippen molar-refractivity contribution < 1.29 is 14.3 Å². The summed E-state index contributed by atoms with van der Waals surface area (Å²) in [5, 5.41) is 9.88. The number of aromatic carboxylic acids is 1. The van der Waals surface area contributed by atoms with Crippen LogP contribution < -0.4 is 4.90 Å². The monoisotopic (exact) mass is 288 g/mol. The largest absolute Gasteiger partial charge is 0.478 e. The van der Waals surface area contributed by atoms with Gasteiger partial charge in [0.05, 0.1) is 11.1 Å². The molecule has 5 heteroatoms. The number of carbonyl (C=O) groups is 1. The quantitative estimate of drug-likeness (QED) is 0.921. The third kappa shape index (κ3) is 2.68. The molecule has 1 N–H and O–H groups in total. The van der Waals surface area contributed by atoms with Crippen LogP contribution in [0.4, 0.5) is 10.1 Å². The first kappa shape index (κ1) is 13.8. The summed E-state index contributed by atoms with van der Waals surface area (Å²) in [7, 11) is 0. The molecular formula is C16H17FN2O2. The predicted molar refractivity (Wildman–Crippen MR) is 79.7 cm³/mol. The summed E-state index contributed by atoms with van der Waals surface area (Å²) in [5.74, 6) is -0.963. The molecule has 0 atom stereocenters. The number of carboxylic acids is 1. The third-order valence-electron chi connectivity index (χ3n) is 4.13. The van der Waals surface area contributed by atoms with Gasteiger partial charge in [0.25, 0.3) is 0 Å². The molecule has 1 aromatic carbocycles. The number of hydrogen-bond acceptors (Lipinski definition) is 3. The van der Waals surface area contributed by atoms with Gasteiger partial charge in [-0.15, -0.1) is 0 Å². The first-order chi connectivity index (χ1) is 9.96. The van der Waals surface area contributed by atoms with Crippen molar-refractivity contribution in [1.29, 1.82) is 0 Å². The number of nitrogens with zero attached hydrogens (tertiary/aromatic N) is 2. The van der Waals surface area contributed by atoms with E-state index in [1.54, 1.807) is 6.92 Å². The molecule has 3 rings (SSSR count). The molecular weight excluding hydrogens is 271 g/mol. The van der Waals surface area contributed by atoms with Gasteiger partial charge in [-0.1, -0.05) is 0 Å². The average Bonchev–Trinajstić information content (AvgIpc) is 2.46. The number of halogens is 1. The highest BCUT2D eigenvalue weighted by Crippen LogP contribution is 2.30. The number of benzene rings is 1. The number of hydrogen-bond donors (Lipinski definition) is 1. The highest BCUT2D eigenvalue weighted by molar-refractivity contribution is 6.03. The summed E-state index contributed by atoms with van der Waals surface area (Å²) < 4.78 is 13.9. The number of piperidine rings is 1. The standard InChI is InChI=1S/C16H17FN2O2/c1-16(17)5-8-19(9-6-16)11-2-3-14-13(10-11)12(15(20)21)4-7-18-14/h2-4,7,10H,5-6,8-9H2,1H3,(H,20,21). The van der Waals surface area contributed by atoms with E-state index in [-0.39, 0.29) is 5.56 Å². The zero-order chi connectivity index (χ0) is 15.0. The zero-order valence-corrected chi connectivity index (χ0v) is 11.8. The Morgan fingerprint density at radius 2 is 2.05 bits per heavy atom. The molecule has 21 heavy (non-hydrogen) atoms. The molecule has 2 heterocycles. The maximum absolute atomic E-state index is 13.9. The van der Waals surface area contributed by atoms with Crippen LogP contribution in [-0.2, 0) is 0 Å². The van der Waals surface area contributed by atoms with Crippen molar-refractivity contribution in [2.75, 3.05) is 18.0 Å². The molecule has 110 valence electrons. The van der Waals surface area contributed by atoms with E-state index in [9.17, 15) is 14.3 Å². The number of aromatic nitrogens is 1. The Hall–Kier alpha value is -2.17. The molecule has 1 saturated heterocycles. The Labute approximate surface area is 122 Å². The first-order valence-electron chi connectivity index (χ1n) is 7.02. The fourth-order valence-corrected chi connectivity index (χ4v) is 2.75. The van der Waals surface area contributed by atoms with Gasteiger partial charge in [-0.25, -0.2) is 9.18 Å². The van der Waals surface area contributed by atoms with Crippen molar-refractivity contribution in [3.05, 3.63) is 36.0 Å². The summed E-state index contributed by atoms with van der Waals surface area (Å²) in [6, 6.07) is 7.08. The normalized spacial score (nSPS) is 17.9. The second kappa shape index (κ2) is 4.98. The van der Waals surface area contributed by atoms with Crippen molar-refractivity contribution in [2.24, 2.45) is 0 Å². The van der Waals surface area contributed by atoms with Gasteiger partial charge in [-0.05, 0) is 44.0 Å². The SMILES string of the molecule is CC1(F)CCN(c2ccc3nccc(C(=O)O)c3c2)CC1. The lowest BCUT2D eigenvalue weighted by atomic mass is 9.95. The van der Waals surface area contributed by atoms with E-state index in [1.807, 2.05) is 18.2 Å². The van der Waals surface area contributed by atoms with Gasteiger partial charge in [-0.3, -0.25) is 4.98 Å². The molecule has 0 unspecified atom stereocenters. The van der Waals surface area contributed by atoms with Gasteiger partial charge >= 0.3 is 5.97 Å². The number of pyridine rings is 1. The molecule has 4 nitrogen and oxygen atoms in total. The second-order valence-corrected chi connectivity index (χ2v) is 5.77. The number of rotatable bonds is 2. The van der Waals surface area contributed by atoms with Gasteiger partial charge in [0.15, 0.2) is 0 Å². The Balaban J connectivity index is 1.97. The van der Waals surface area contributed by atoms with Crippen molar-refractivity contribution in [2.45, 2.75) is 25.4 Å². The van der Waals surface area contributed by atoms with E-state index in [1.165, 1.54) is 12.3 Å². The van der Waals surface area contributed by atoms with Gasteiger partial charge in [-0.2, -0.15) is 0 Å². The van der Waals surface area contributed by atoms with E-state index in [2.05, 4.69) is 9.88 Å². The van der Waals surface area contributed by atoms with Crippen LogP contribution in [0.2, 0.25) is 0 Å². The summed E-state index contributed by atoms with van der Waals surface area (Å²) in [5.41, 5.74) is 0.731. The summed E-state index contributed by atoms with van der Waals surface area (Å²) in [6.45, 7) is 2.92. The summed E-state index contributed by atoms with van der Waals surface area (Å²) in [4.78, 5) is 17.6. The van der Waals surface area contributed by atoms with Crippen LogP contribution in [0, 0.1) is 0 Å². The summed E-state index contributed by atoms with van der Waals surface area (Å²) >= 11 is 0. The Morgan fingerprint density at radius 1 is 1.33 bits per heavy atom. The van der Waals surface area contributed by atoms with Gasteiger partial charge in [0.1, 0.15) is 5.67 Å². The zero-order valence-electron chi connectivity index (χ0n) is 11.8. The first-order valence-corrected chi connectivity index (χ1v) is 7.02. The second-order valence-electron chi connectivity index (χ2n) is 5.77. The van der Waals surface area contributed by atoms with E-state index >= 15 is 0 Å². The van der Waals surface area contributed by atoms with Crippen molar-refractivity contribution in [3.63, 3.8) is 0 Å². The number of alkyl halides is 1. The van der Waals surface area contributed by atoms with Crippen LogP contribution in [0.3, 0.4) is 0 Å². The Kier molecular flexibility index (Phi) is 3.27. The highest BCUT2D eigenvalue weighted by Gasteiger charge is 2.29. The molecule has 0 bridgehead atoms. The van der Waals surface area contributed by atoms with Crippen LogP contribution in [0.1, 0.15) is 30.1 Å². The molecule has 0 spiro atoms. The van der Waals surface area contributed by atoms with Crippen LogP contribution >= 0.6 is 0 Å². The molecule has 1 aliphatic rings. The minimum Gasteiger partial charge on any atom is -0.478 e. The van der Waals surface area contributed by atoms with Crippen LogP contribution in [0.15, 0.2) is 30.5 Å². The van der Waals surface area contributed by atoms with E-state index in [0.717, 1.165) is 5.69 Å². The topological polar surface area (TPSA) is 53.4 Å². The maximum atomic E-state index is 13.9. The fourth-order valence-electron chi connectivity index (χ4n) is 2.75. The lowest BCUT2D eigenvalue weighted by Crippen LogP contribution is -2.40.